The fourth-order valence-electron chi connectivity index (χ4n) is 2.82. The Bertz CT molecular complexity index is 603. The van der Waals surface area contributed by atoms with Crippen molar-refractivity contribution in [2.24, 2.45) is 0 Å². The number of carbonyl (C=O) groups excluding carboxylic acids is 1. The number of hydrogen-bond acceptors (Lipinski definition) is 5. The van der Waals surface area contributed by atoms with Crippen molar-refractivity contribution >= 4 is 17.2 Å². The highest BCUT2D eigenvalue weighted by Gasteiger charge is 2.32. The van der Waals surface area contributed by atoms with Gasteiger partial charge in [-0.3, -0.25) is 14.4 Å². The Kier molecular flexibility index (Phi) is 5.35. The normalized spacial score (nSPS) is 21.6. The van der Waals surface area contributed by atoms with Crippen molar-refractivity contribution in [1.82, 2.24) is 25.0 Å². The van der Waals surface area contributed by atoms with Crippen LogP contribution in [-0.2, 0) is 17.9 Å². The first-order valence-electron chi connectivity index (χ1n) is 7.70. The van der Waals surface area contributed by atoms with Gasteiger partial charge in [-0.05, 0) is 17.9 Å². The zero-order valence-electron chi connectivity index (χ0n) is 12.8. The third-order valence-corrected chi connectivity index (χ3v) is 4.85. The highest BCUT2D eigenvalue weighted by Crippen LogP contribution is 2.23. The second kappa shape index (κ2) is 7.65. The van der Waals surface area contributed by atoms with Gasteiger partial charge in [0.1, 0.15) is 18.8 Å². The molecule has 3 heterocycles. The van der Waals surface area contributed by atoms with Crippen molar-refractivity contribution in [3.8, 4) is 0 Å². The lowest BCUT2D eigenvalue weighted by atomic mass is 10.2. The van der Waals surface area contributed by atoms with Crippen molar-refractivity contribution in [2.45, 2.75) is 38.1 Å². The predicted octanol–water partition coefficient (Wildman–Crippen LogP) is 1.46. The molecule has 0 radical (unpaired) electrons. The van der Waals surface area contributed by atoms with Gasteiger partial charge in [-0.25, -0.2) is 9.37 Å². The lowest BCUT2D eigenvalue weighted by Crippen LogP contribution is -2.39. The number of carbonyl (C=O) groups is 1. The SMILES string of the molecule is O=C(CCn1cncn1)NC[C@@H]1C[C@H](F)CN1Cc1cccs1. The summed E-state index contributed by atoms with van der Waals surface area (Å²) in [7, 11) is 0. The number of likely N-dealkylation sites (tertiary alicyclic amines) is 1. The molecule has 1 amide bonds. The quantitative estimate of drug-likeness (QED) is 0.831. The number of nitrogens with zero attached hydrogens (tertiary/aromatic N) is 4. The summed E-state index contributed by atoms with van der Waals surface area (Å²) in [4.78, 5) is 19.1. The molecule has 0 aliphatic carbocycles. The monoisotopic (exact) mass is 337 g/mol. The van der Waals surface area contributed by atoms with Gasteiger partial charge in [0.25, 0.3) is 0 Å². The molecule has 1 N–H and O–H groups in total. The minimum Gasteiger partial charge on any atom is -0.354 e. The minimum absolute atomic E-state index is 0.0427. The Balaban J connectivity index is 1.44. The summed E-state index contributed by atoms with van der Waals surface area (Å²) in [5.41, 5.74) is 0. The number of alkyl halides is 1. The van der Waals surface area contributed by atoms with Gasteiger partial charge in [-0.2, -0.15) is 5.10 Å². The number of aromatic nitrogens is 3. The number of rotatable bonds is 7. The first-order valence-corrected chi connectivity index (χ1v) is 8.58. The highest BCUT2D eigenvalue weighted by molar-refractivity contribution is 7.09. The predicted molar refractivity (Wildman–Crippen MR) is 85.7 cm³/mol. The third-order valence-electron chi connectivity index (χ3n) is 3.99. The molecule has 1 aliphatic rings. The smallest absolute Gasteiger partial charge is 0.221 e. The summed E-state index contributed by atoms with van der Waals surface area (Å²) in [5.74, 6) is -0.0427. The Morgan fingerprint density at radius 3 is 3.17 bits per heavy atom. The standard InChI is InChI=1S/C15H20FN5OS/c16-12-6-13(20(8-12)9-14-2-1-5-23-14)7-18-15(22)3-4-21-11-17-10-19-21/h1-2,5,10-13H,3-4,6-9H2,(H,18,22)/t12-,13-/m0/s1. The van der Waals surface area contributed by atoms with Gasteiger partial charge in [0.05, 0.1) is 6.54 Å². The van der Waals surface area contributed by atoms with Gasteiger partial charge in [0.2, 0.25) is 5.91 Å². The highest BCUT2D eigenvalue weighted by atomic mass is 32.1. The molecule has 0 aromatic carbocycles. The van der Waals surface area contributed by atoms with Crippen molar-refractivity contribution in [3.63, 3.8) is 0 Å². The molecular weight excluding hydrogens is 317 g/mol. The van der Waals surface area contributed by atoms with Crippen LogP contribution in [0.4, 0.5) is 4.39 Å². The zero-order valence-corrected chi connectivity index (χ0v) is 13.6. The van der Waals surface area contributed by atoms with E-state index in [9.17, 15) is 9.18 Å². The molecule has 1 fully saturated rings. The van der Waals surface area contributed by atoms with Crippen LogP contribution >= 0.6 is 11.3 Å². The van der Waals surface area contributed by atoms with E-state index in [1.165, 1.54) is 11.2 Å². The van der Waals surface area contributed by atoms with Crippen LogP contribution in [0.25, 0.3) is 0 Å². The first-order chi connectivity index (χ1) is 11.2. The van der Waals surface area contributed by atoms with Crippen LogP contribution in [-0.4, -0.2) is 50.9 Å². The van der Waals surface area contributed by atoms with E-state index in [0.717, 1.165) is 6.54 Å². The van der Waals surface area contributed by atoms with E-state index in [2.05, 4.69) is 26.4 Å². The minimum atomic E-state index is -0.813. The Morgan fingerprint density at radius 2 is 2.43 bits per heavy atom. The molecule has 1 saturated heterocycles. The summed E-state index contributed by atoms with van der Waals surface area (Å²) < 4.78 is 15.4. The van der Waals surface area contributed by atoms with E-state index in [1.54, 1.807) is 22.3 Å². The fraction of sp³-hybridized carbons (Fsp3) is 0.533. The second-order valence-corrected chi connectivity index (χ2v) is 6.74. The van der Waals surface area contributed by atoms with E-state index in [4.69, 9.17) is 0 Å². The molecule has 0 spiro atoms. The molecule has 2 atom stereocenters. The van der Waals surface area contributed by atoms with Crippen LogP contribution in [0.3, 0.4) is 0 Å². The van der Waals surface area contributed by atoms with Crippen LogP contribution < -0.4 is 5.32 Å². The lowest BCUT2D eigenvalue weighted by molar-refractivity contribution is -0.121. The zero-order chi connectivity index (χ0) is 16.1. The van der Waals surface area contributed by atoms with Gasteiger partial charge in [-0.1, -0.05) is 6.07 Å². The van der Waals surface area contributed by atoms with Crippen LogP contribution in [0, 0.1) is 0 Å². The van der Waals surface area contributed by atoms with Crippen LogP contribution in [0.5, 0.6) is 0 Å². The average molecular weight is 337 g/mol. The molecule has 8 heteroatoms. The third kappa shape index (κ3) is 4.59. The molecule has 0 saturated carbocycles. The van der Waals surface area contributed by atoms with Crippen molar-refractivity contribution in [1.29, 1.82) is 0 Å². The number of nitrogens with one attached hydrogen (secondary N) is 1. The molecule has 2 aromatic rings. The van der Waals surface area contributed by atoms with Crippen LogP contribution in [0.15, 0.2) is 30.2 Å². The summed E-state index contributed by atoms with van der Waals surface area (Å²) in [6, 6.07) is 4.12. The Morgan fingerprint density at radius 1 is 1.52 bits per heavy atom. The first kappa shape index (κ1) is 16.1. The molecule has 0 bridgehead atoms. The summed E-state index contributed by atoms with van der Waals surface area (Å²) in [5, 5.41) is 8.90. The molecular formula is C15H20FN5OS. The molecule has 1 aliphatic heterocycles. The average Bonchev–Trinajstić information content (AvgIpc) is 3.26. The van der Waals surface area contributed by atoms with E-state index in [0.29, 0.717) is 32.5 Å². The largest absolute Gasteiger partial charge is 0.354 e. The molecule has 6 nitrogen and oxygen atoms in total. The Labute approximate surface area is 138 Å². The van der Waals surface area contributed by atoms with Crippen molar-refractivity contribution in [3.05, 3.63) is 35.0 Å². The van der Waals surface area contributed by atoms with Gasteiger partial charge >= 0.3 is 0 Å². The number of halogens is 1. The maximum Gasteiger partial charge on any atom is 0.221 e. The van der Waals surface area contributed by atoms with Gasteiger partial charge in [0, 0.05) is 37.0 Å². The molecule has 124 valence electrons. The topological polar surface area (TPSA) is 63.1 Å². The molecule has 2 aromatic heterocycles. The van der Waals surface area contributed by atoms with Crippen LogP contribution in [0.2, 0.25) is 0 Å². The van der Waals surface area contributed by atoms with Gasteiger partial charge in [-0.15, -0.1) is 11.3 Å². The van der Waals surface area contributed by atoms with Crippen LogP contribution in [0.1, 0.15) is 17.7 Å². The number of amides is 1. The summed E-state index contributed by atoms with van der Waals surface area (Å²) >= 11 is 1.68. The van der Waals surface area contributed by atoms with Gasteiger partial charge in [0.15, 0.2) is 0 Å². The van der Waals surface area contributed by atoms with Crippen molar-refractivity contribution in [2.75, 3.05) is 13.1 Å². The van der Waals surface area contributed by atoms with E-state index in [1.807, 2.05) is 11.4 Å². The number of thiophene rings is 1. The van der Waals surface area contributed by atoms with E-state index < -0.39 is 6.17 Å². The summed E-state index contributed by atoms with van der Waals surface area (Å²) in [6.45, 7) is 2.18. The lowest BCUT2D eigenvalue weighted by Gasteiger charge is -2.23. The fourth-order valence-corrected chi connectivity index (χ4v) is 3.54. The second-order valence-electron chi connectivity index (χ2n) is 5.71. The van der Waals surface area contributed by atoms with Gasteiger partial charge < -0.3 is 5.32 Å². The van der Waals surface area contributed by atoms with E-state index in [-0.39, 0.29) is 11.9 Å². The summed E-state index contributed by atoms with van der Waals surface area (Å²) in [6.07, 6.45) is 3.04. The van der Waals surface area contributed by atoms with E-state index >= 15 is 0 Å². The van der Waals surface area contributed by atoms with Crippen molar-refractivity contribution < 1.29 is 9.18 Å². The number of hydrogen-bond donors (Lipinski definition) is 1. The Hall–Kier alpha value is -1.80. The maximum absolute atomic E-state index is 13.7. The molecule has 0 unspecified atom stereocenters. The maximum atomic E-state index is 13.7. The molecule has 23 heavy (non-hydrogen) atoms. The molecule has 3 rings (SSSR count). The number of aryl methyl sites for hydroxylation is 1.